The summed E-state index contributed by atoms with van der Waals surface area (Å²) in [6, 6.07) is 0. The Morgan fingerprint density at radius 2 is 1.75 bits per heavy atom. The Bertz CT molecular complexity index is 466. The first-order chi connectivity index (χ1) is 13.2. The van der Waals surface area contributed by atoms with Crippen LogP contribution in [0.3, 0.4) is 0 Å². The zero-order valence-corrected chi connectivity index (χ0v) is 16.3. The molecule has 1 fully saturated rings. The molecule has 0 radical (unpaired) electrons. The minimum absolute atomic E-state index is 0.0267. The normalized spacial score (nSPS) is 32.5. The number of aliphatic hydroxyl groups is 8. The molecule has 1 heterocycles. The summed E-state index contributed by atoms with van der Waals surface area (Å²) < 4.78 is 10.4. The molecule has 9 atom stereocenters. The van der Waals surface area contributed by atoms with Gasteiger partial charge in [-0.15, -0.1) is 0 Å². The van der Waals surface area contributed by atoms with E-state index in [-0.39, 0.29) is 6.42 Å². The molecule has 0 aromatic heterocycles. The average Bonchev–Trinajstić information content (AvgIpc) is 2.70. The maximum absolute atomic E-state index is 12.0. The molecule has 166 valence electrons. The van der Waals surface area contributed by atoms with Gasteiger partial charge in [-0.05, 0) is 18.4 Å². The zero-order valence-electron chi connectivity index (χ0n) is 15.4. The van der Waals surface area contributed by atoms with Crippen LogP contribution in [-0.4, -0.2) is 127 Å². The van der Waals surface area contributed by atoms with Gasteiger partial charge in [-0.3, -0.25) is 4.79 Å². The van der Waals surface area contributed by atoms with Crippen molar-refractivity contribution < 1.29 is 55.1 Å². The maximum atomic E-state index is 12.0. The molecule has 0 amide bonds. The van der Waals surface area contributed by atoms with Crippen molar-refractivity contribution in [1.29, 1.82) is 0 Å². The van der Waals surface area contributed by atoms with Gasteiger partial charge in [0.2, 0.25) is 0 Å². The third-order valence-electron chi connectivity index (χ3n) is 4.47. The van der Waals surface area contributed by atoms with E-state index >= 15 is 0 Å². The number of carbonyl (C=O) groups is 1. The lowest BCUT2D eigenvalue weighted by Crippen LogP contribution is -2.61. The fourth-order valence-electron chi connectivity index (χ4n) is 2.75. The molecule has 4 unspecified atom stereocenters. The summed E-state index contributed by atoms with van der Waals surface area (Å²) in [7, 11) is 0. The number of aliphatic hydroxyl groups excluding tert-OH is 8. The molecule has 1 saturated heterocycles. The van der Waals surface area contributed by atoms with Gasteiger partial charge < -0.3 is 50.3 Å². The Morgan fingerprint density at radius 1 is 1.11 bits per heavy atom. The van der Waals surface area contributed by atoms with E-state index in [1.54, 1.807) is 0 Å². The molecule has 1 aliphatic rings. The smallest absolute Gasteiger partial charge is 0.187 e. The zero-order chi connectivity index (χ0) is 21.4. The predicted octanol–water partition coefficient (Wildman–Crippen LogP) is -4.04. The number of ketones is 1. The van der Waals surface area contributed by atoms with Crippen molar-refractivity contribution in [2.45, 2.75) is 68.0 Å². The van der Waals surface area contributed by atoms with Crippen molar-refractivity contribution >= 4 is 17.5 Å². The fourth-order valence-corrected chi connectivity index (χ4v) is 3.18. The fraction of sp³-hybridized carbons (Fsp3) is 0.938. The van der Waals surface area contributed by atoms with E-state index < -0.39 is 74.1 Å². The average molecular weight is 430 g/mol. The predicted molar refractivity (Wildman–Crippen MR) is 96.4 cm³/mol. The van der Waals surface area contributed by atoms with Gasteiger partial charge >= 0.3 is 0 Å². The highest BCUT2D eigenvalue weighted by Gasteiger charge is 2.47. The second-order valence-electron chi connectivity index (χ2n) is 6.55. The first-order valence-electron chi connectivity index (χ1n) is 8.82. The molecule has 12 heteroatoms. The van der Waals surface area contributed by atoms with E-state index in [0.717, 1.165) is 0 Å². The lowest BCUT2D eigenvalue weighted by molar-refractivity contribution is -0.326. The van der Waals surface area contributed by atoms with E-state index in [0.29, 0.717) is 12.2 Å². The first-order valence-corrected chi connectivity index (χ1v) is 10.2. The highest BCUT2D eigenvalue weighted by atomic mass is 32.2. The van der Waals surface area contributed by atoms with Crippen LogP contribution in [0.2, 0.25) is 0 Å². The molecular weight excluding hydrogens is 400 g/mol. The van der Waals surface area contributed by atoms with E-state index in [1.807, 2.05) is 6.26 Å². The summed E-state index contributed by atoms with van der Waals surface area (Å²) in [5, 5.41) is 78.2. The number of carbonyl (C=O) groups excluding carboxylic acids is 1. The van der Waals surface area contributed by atoms with Crippen LogP contribution in [0.5, 0.6) is 0 Å². The topological polar surface area (TPSA) is 197 Å². The third-order valence-corrected chi connectivity index (χ3v) is 5.16. The lowest BCUT2D eigenvalue weighted by atomic mass is 9.97. The van der Waals surface area contributed by atoms with Gasteiger partial charge in [0.05, 0.1) is 13.2 Å². The maximum Gasteiger partial charge on any atom is 0.187 e. The quantitative estimate of drug-likeness (QED) is 0.140. The van der Waals surface area contributed by atoms with Gasteiger partial charge in [0.25, 0.3) is 0 Å². The molecule has 0 aromatic carbocycles. The van der Waals surface area contributed by atoms with E-state index in [1.165, 1.54) is 11.8 Å². The Morgan fingerprint density at radius 3 is 2.29 bits per heavy atom. The van der Waals surface area contributed by atoms with Crippen LogP contribution in [0.1, 0.15) is 12.8 Å². The molecule has 0 spiro atoms. The van der Waals surface area contributed by atoms with Crippen LogP contribution in [0.15, 0.2) is 0 Å². The van der Waals surface area contributed by atoms with Gasteiger partial charge in [-0.2, -0.15) is 11.8 Å². The van der Waals surface area contributed by atoms with Gasteiger partial charge in [-0.25, -0.2) is 0 Å². The summed E-state index contributed by atoms with van der Waals surface area (Å²) >= 11 is 1.50. The van der Waals surface area contributed by atoms with Crippen molar-refractivity contribution in [3.05, 3.63) is 0 Å². The van der Waals surface area contributed by atoms with Crippen molar-refractivity contribution in [2.75, 3.05) is 25.2 Å². The molecule has 11 nitrogen and oxygen atoms in total. The molecular formula is C16H30O11S. The van der Waals surface area contributed by atoms with E-state index in [2.05, 4.69) is 0 Å². The summed E-state index contributed by atoms with van der Waals surface area (Å²) in [4.78, 5) is 12.0. The number of hydrogen-bond donors (Lipinski definition) is 8. The van der Waals surface area contributed by atoms with Crippen LogP contribution in [0.4, 0.5) is 0 Å². The Balaban J connectivity index is 2.88. The number of ether oxygens (including phenoxy) is 2. The van der Waals surface area contributed by atoms with Gasteiger partial charge in [0, 0.05) is 6.42 Å². The Hall–Kier alpha value is -0.380. The SMILES string of the molecule is CSCCCC(=O)C(O)[C@@H](O)[C@H](O[C@@H]1OC(CO)[C@H](O)[C@H](O)C1O)C(O)CO. The lowest BCUT2D eigenvalue weighted by Gasteiger charge is -2.42. The number of hydrogen-bond acceptors (Lipinski definition) is 12. The molecule has 0 aliphatic carbocycles. The molecule has 28 heavy (non-hydrogen) atoms. The van der Waals surface area contributed by atoms with Crippen LogP contribution < -0.4 is 0 Å². The minimum Gasteiger partial charge on any atom is -0.394 e. The van der Waals surface area contributed by atoms with Crippen molar-refractivity contribution in [2.24, 2.45) is 0 Å². The summed E-state index contributed by atoms with van der Waals surface area (Å²) in [6.45, 7) is -1.64. The molecule has 0 bridgehead atoms. The minimum atomic E-state index is -1.98. The van der Waals surface area contributed by atoms with Crippen LogP contribution in [0, 0.1) is 0 Å². The van der Waals surface area contributed by atoms with Gasteiger partial charge in [0.15, 0.2) is 12.1 Å². The van der Waals surface area contributed by atoms with Crippen molar-refractivity contribution in [3.8, 4) is 0 Å². The second-order valence-corrected chi connectivity index (χ2v) is 7.53. The standard InChI is InChI=1S/C16H30O11S/c1-28-4-2-3-7(19)10(21)13(24)15(8(20)5-17)27-16-14(25)12(23)11(22)9(6-18)26-16/h8-18,20-25H,2-6H2,1H3/t8?,9?,10?,11-,12-,13+,14?,15+,16-/m0/s1. The Labute approximate surface area is 166 Å². The Kier molecular flexibility index (Phi) is 11.3. The molecule has 0 saturated carbocycles. The number of thioether (sulfide) groups is 1. The third kappa shape index (κ3) is 6.57. The summed E-state index contributed by atoms with van der Waals surface area (Å²) in [5.41, 5.74) is 0. The second kappa shape index (κ2) is 12.3. The summed E-state index contributed by atoms with van der Waals surface area (Å²) in [5.74, 6) is -0.0346. The monoisotopic (exact) mass is 430 g/mol. The van der Waals surface area contributed by atoms with Gasteiger partial charge in [0.1, 0.15) is 48.8 Å². The largest absolute Gasteiger partial charge is 0.394 e. The molecule has 0 aromatic rings. The summed E-state index contributed by atoms with van der Waals surface area (Å²) in [6.07, 6.45) is -13.4. The highest BCUT2D eigenvalue weighted by molar-refractivity contribution is 7.98. The van der Waals surface area contributed by atoms with Crippen molar-refractivity contribution in [1.82, 2.24) is 0 Å². The molecule has 1 aliphatic heterocycles. The molecule has 8 N–H and O–H groups in total. The van der Waals surface area contributed by atoms with Crippen LogP contribution in [0.25, 0.3) is 0 Å². The first kappa shape index (κ1) is 25.7. The number of rotatable bonds is 12. The van der Waals surface area contributed by atoms with Crippen molar-refractivity contribution in [3.63, 3.8) is 0 Å². The highest BCUT2D eigenvalue weighted by Crippen LogP contribution is 2.25. The van der Waals surface area contributed by atoms with Crippen LogP contribution >= 0.6 is 11.8 Å². The number of Topliss-reactive ketones (excluding diaryl/α,β-unsaturated/α-hetero) is 1. The van der Waals surface area contributed by atoms with Gasteiger partial charge in [-0.1, -0.05) is 0 Å². The van der Waals surface area contributed by atoms with E-state index in [9.17, 15) is 45.6 Å². The van der Waals surface area contributed by atoms with E-state index in [4.69, 9.17) is 9.47 Å². The van der Waals surface area contributed by atoms with Crippen LogP contribution in [-0.2, 0) is 14.3 Å². The molecule has 1 rings (SSSR count).